The van der Waals surface area contributed by atoms with E-state index in [-0.39, 0.29) is 11.3 Å². The number of rotatable bonds is 4. The number of hydrogen-bond acceptors (Lipinski definition) is 2. The van der Waals surface area contributed by atoms with Gasteiger partial charge in [-0.1, -0.05) is 48.5 Å². The van der Waals surface area contributed by atoms with Gasteiger partial charge in [0.05, 0.1) is 0 Å². The van der Waals surface area contributed by atoms with Crippen molar-refractivity contribution in [3.63, 3.8) is 0 Å². The van der Waals surface area contributed by atoms with Crippen molar-refractivity contribution in [3.8, 4) is 0 Å². The monoisotopic (exact) mass is 293 g/mol. The highest BCUT2D eigenvalue weighted by Gasteiger charge is 2.21. The minimum absolute atomic E-state index is 0.0661. The maximum absolute atomic E-state index is 12.1. The Kier molecular flexibility index (Phi) is 4.81. The summed E-state index contributed by atoms with van der Waals surface area (Å²) in [4.78, 5) is 14.3. The van der Waals surface area contributed by atoms with Crippen molar-refractivity contribution in [1.82, 2.24) is 0 Å². The summed E-state index contributed by atoms with van der Waals surface area (Å²) in [7, 11) is 0. The van der Waals surface area contributed by atoms with E-state index in [9.17, 15) is 4.79 Å². The summed E-state index contributed by atoms with van der Waals surface area (Å²) in [5.41, 5.74) is 2.61. The minimum atomic E-state index is -0.128. The number of para-hydroxylation sites is 1. The topological polar surface area (TPSA) is 20.3 Å². The molecule has 0 fully saturated rings. The van der Waals surface area contributed by atoms with E-state index in [0.29, 0.717) is 0 Å². The molecule has 0 aromatic heterocycles. The Labute approximate surface area is 133 Å². The van der Waals surface area contributed by atoms with Crippen LogP contribution in [-0.4, -0.2) is 11.3 Å². The zero-order chi connectivity index (χ0) is 16.2. The van der Waals surface area contributed by atoms with Gasteiger partial charge in [0.1, 0.15) is 0 Å². The summed E-state index contributed by atoms with van der Waals surface area (Å²) in [6.45, 7) is 8.03. The van der Waals surface area contributed by atoms with Gasteiger partial charge in [-0.3, -0.25) is 4.79 Å². The van der Waals surface area contributed by atoms with E-state index in [1.165, 1.54) is 0 Å². The molecular formula is C20H23NO. The Hall–Kier alpha value is -2.35. The minimum Gasteiger partial charge on any atom is -0.342 e. The number of hydrogen-bond donors (Lipinski definition) is 0. The Balaban J connectivity index is 2.53. The van der Waals surface area contributed by atoms with E-state index in [2.05, 4.69) is 37.8 Å². The standard InChI is InChI=1S/C20H23NO/c1-16(22)19(17-11-7-5-8-12-17)15-21(20(2,3)4)18-13-9-6-10-14-18/h5-15H,1-4H3/b19-15+. The molecule has 22 heavy (non-hydrogen) atoms. The van der Waals surface area contributed by atoms with E-state index in [1.54, 1.807) is 6.92 Å². The van der Waals surface area contributed by atoms with Crippen molar-refractivity contribution < 1.29 is 4.79 Å². The second kappa shape index (κ2) is 6.61. The molecular weight excluding hydrogens is 270 g/mol. The molecule has 2 rings (SSSR count). The highest BCUT2D eigenvalue weighted by Crippen LogP contribution is 2.27. The number of benzene rings is 2. The van der Waals surface area contributed by atoms with Gasteiger partial charge in [-0.2, -0.15) is 0 Å². The van der Waals surface area contributed by atoms with Crippen LogP contribution in [0.5, 0.6) is 0 Å². The van der Waals surface area contributed by atoms with Crippen LogP contribution in [0.3, 0.4) is 0 Å². The van der Waals surface area contributed by atoms with Crippen LogP contribution in [0.1, 0.15) is 33.3 Å². The number of carbonyl (C=O) groups excluding carboxylic acids is 1. The lowest BCUT2D eigenvalue weighted by Crippen LogP contribution is -2.37. The molecule has 0 saturated carbocycles. The van der Waals surface area contributed by atoms with Crippen LogP contribution in [0, 0.1) is 0 Å². The second-order valence-corrected chi connectivity index (χ2v) is 6.34. The number of nitrogens with zero attached hydrogens (tertiary/aromatic N) is 1. The molecule has 114 valence electrons. The average molecular weight is 293 g/mol. The first-order chi connectivity index (χ1) is 10.4. The van der Waals surface area contributed by atoms with Gasteiger partial charge >= 0.3 is 0 Å². The zero-order valence-electron chi connectivity index (χ0n) is 13.7. The van der Waals surface area contributed by atoms with Crippen LogP contribution in [0.25, 0.3) is 5.57 Å². The molecule has 2 aromatic carbocycles. The fraction of sp³-hybridized carbons (Fsp3) is 0.250. The predicted octanol–water partition coefficient (Wildman–Crippen LogP) is 4.92. The molecule has 0 aliphatic carbocycles. The number of anilines is 1. The SMILES string of the molecule is CC(=O)/C(=C\N(c1ccccc1)C(C)(C)C)c1ccccc1. The molecule has 0 radical (unpaired) electrons. The van der Waals surface area contributed by atoms with Crippen molar-refractivity contribution in [2.24, 2.45) is 0 Å². The van der Waals surface area contributed by atoms with E-state index in [1.807, 2.05) is 54.7 Å². The van der Waals surface area contributed by atoms with Gasteiger partial charge in [-0.25, -0.2) is 0 Å². The van der Waals surface area contributed by atoms with Crippen molar-refractivity contribution in [2.75, 3.05) is 4.90 Å². The predicted molar refractivity (Wildman–Crippen MR) is 93.8 cm³/mol. The van der Waals surface area contributed by atoms with E-state index >= 15 is 0 Å². The van der Waals surface area contributed by atoms with Crippen LogP contribution in [0.2, 0.25) is 0 Å². The first-order valence-electron chi connectivity index (χ1n) is 7.52. The third-order valence-electron chi connectivity index (χ3n) is 3.48. The van der Waals surface area contributed by atoms with Crippen molar-refractivity contribution in [1.29, 1.82) is 0 Å². The molecule has 0 bridgehead atoms. The van der Waals surface area contributed by atoms with Crippen molar-refractivity contribution in [3.05, 3.63) is 72.4 Å². The van der Waals surface area contributed by atoms with Crippen molar-refractivity contribution in [2.45, 2.75) is 33.2 Å². The van der Waals surface area contributed by atoms with E-state index < -0.39 is 0 Å². The lowest BCUT2D eigenvalue weighted by Gasteiger charge is -2.35. The molecule has 0 aliphatic rings. The molecule has 2 aromatic rings. The fourth-order valence-corrected chi connectivity index (χ4v) is 2.36. The molecule has 2 heteroatoms. The molecule has 2 nitrogen and oxygen atoms in total. The number of allylic oxidation sites excluding steroid dienone is 1. The summed E-state index contributed by atoms with van der Waals surface area (Å²) in [5, 5.41) is 0. The first-order valence-corrected chi connectivity index (χ1v) is 7.52. The third-order valence-corrected chi connectivity index (χ3v) is 3.48. The smallest absolute Gasteiger partial charge is 0.161 e. The molecule has 0 saturated heterocycles. The van der Waals surface area contributed by atoms with Crippen LogP contribution in [0.4, 0.5) is 5.69 Å². The normalized spacial score (nSPS) is 12.1. The van der Waals surface area contributed by atoms with Gasteiger partial charge in [0, 0.05) is 23.0 Å². The van der Waals surface area contributed by atoms with Crippen LogP contribution >= 0.6 is 0 Å². The second-order valence-electron chi connectivity index (χ2n) is 6.34. The summed E-state index contributed by atoms with van der Waals surface area (Å²) < 4.78 is 0. The number of carbonyl (C=O) groups is 1. The maximum Gasteiger partial charge on any atom is 0.161 e. The highest BCUT2D eigenvalue weighted by molar-refractivity contribution is 6.19. The number of Topliss-reactive ketones (excluding diaryl/α,β-unsaturated/α-hetero) is 1. The van der Waals surface area contributed by atoms with Gasteiger partial charge in [-0.05, 0) is 45.4 Å². The molecule has 0 aliphatic heterocycles. The molecule has 0 heterocycles. The molecule has 0 atom stereocenters. The van der Waals surface area contributed by atoms with Crippen LogP contribution in [-0.2, 0) is 4.79 Å². The lowest BCUT2D eigenvalue weighted by molar-refractivity contribution is -0.111. The van der Waals surface area contributed by atoms with Crippen LogP contribution < -0.4 is 4.90 Å². The Morgan fingerprint density at radius 1 is 0.909 bits per heavy atom. The van der Waals surface area contributed by atoms with Crippen molar-refractivity contribution >= 4 is 17.0 Å². The van der Waals surface area contributed by atoms with Crippen LogP contribution in [0.15, 0.2) is 66.9 Å². The van der Waals surface area contributed by atoms with Gasteiger partial charge in [0.15, 0.2) is 5.78 Å². The highest BCUT2D eigenvalue weighted by atomic mass is 16.1. The zero-order valence-corrected chi connectivity index (χ0v) is 13.7. The summed E-state index contributed by atoms with van der Waals surface area (Å²) in [6.07, 6.45) is 1.97. The molecule has 0 amide bonds. The largest absolute Gasteiger partial charge is 0.342 e. The third kappa shape index (κ3) is 3.85. The Bertz CT molecular complexity index is 651. The quantitative estimate of drug-likeness (QED) is 0.746. The first kappa shape index (κ1) is 16.0. The summed E-state index contributed by atoms with van der Waals surface area (Å²) >= 11 is 0. The summed E-state index contributed by atoms with van der Waals surface area (Å²) in [6, 6.07) is 20.0. The molecule has 0 unspecified atom stereocenters. The lowest BCUT2D eigenvalue weighted by atomic mass is 10.0. The Morgan fingerprint density at radius 2 is 1.41 bits per heavy atom. The average Bonchev–Trinajstić information content (AvgIpc) is 2.48. The van der Waals surface area contributed by atoms with E-state index in [4.69, 9.17) is 0 Å². The molecule has 0 spiro atoms. The van der Waals surface area contributed by atoms with E-state index in [0.717, 1.165) is 16.8 Å². The fourth-order valence-electron chi connectivity index (χ4n) is 2.36. The van der Waals surface area contributed by atoms with Gasteiger partial charge in [-0.15, -0.1) is 0 Å². The summed E-state index contributed by atoms with van der Waals surface area (Å²) in [5.74, 6) is 0.0661. The number of ketones is 1. The van der Waals surface area contributed by atoms with Gasteiger partial charge < -0.3 is 4.90 Å². The maximum atomic E-state index is 12.1. The Morgan fingerprint density at radius 3 is 1.86 bits per heavy atom. The van der Waals surface area contributed by atoms with Gasteiger partial charge in [0.2, 0.25) is 0 Å². The van der Waals surface area contributed by atoms with Gasteiger partial charge in [0.25, 0.3) is 0 Å². The molecule has 0 N–H and O–H groups in total.